The zero-order valence-electron chi connectivity index (χ0n) is 14.9. The van der Waals surface area contributed by atoms with Gasteiger partial charge in [0, 0.05) is 12.1 Å². The molecule has 2 atom stereocenters. The maximum atomic E-state index is 13.3. The lowest BCUT2D eigenvalue weighted by Gasteiger charge is -2.40. The van der Waals surface area contributed by atoms with Gasteiger partial charge < -0.3 is 14.1 Å². The largest absolute Gasteiger partial charge is 0.468 e. The lowest BCUT2D eigenvalue weighted by Crippen LogP contribution is -2.44. The van der Waals surface area contributed by atoms with Crippen LogP contribution in [0.2, 0.25) is 0 Å². The van der Waals surface area contributed by atoms with E-state index in [0.29, 0.717) is 23.4 Å². The van der Waals surface area contributed by atoms with Crippen molar-refractivity contribution in [1.82, 2.24) is 4.90 Å². The molecule has 1 aliphatic rings. The fraction of sp³-hybridized carbons (Fsp3) is 0.182. The third-order valence-corrected chi connectivity index (χ3v) is 4.92. The predicted molar refractivity (Wildman–Crippen MR) is 99.0 cm³/mol. The highest BCUT2D eigenvalue weighted by molar-refractivity contribution is 6.00. The standard InChI is InChI=1S/C22H19NO4/c1-26-22(25)19-16-10-5-6-11-17(16)21(24)23(14-15-8-3-2-4-9-15)20(19)18-12-7-13-27-18/h2-13,19-20H,14H2,1H3/t19-,20+/m0/s1. The fourth-order valence-electron chi connectivity index (χ4n) is 3.70. The van der Waals surface area contributed by atoms with Crippen molar-refractivity contribution in [2.24, 2.45) is 0 Å². The van der Waals surface area contributed by atoms with E-state index in [0.717, 1.165) is 5.56 Å². The molecule has 0 fully saturated rings. The van der Waals surface area contributed by atoms with Crippen molar-refractivity contribution in [3.8, 4) is 0 Å². The van der Waals surface area contributed by atoms with Crippen LogP contribution in [-0.4, -0.2) is 23.9 Å². The Labute approximate surface area is 157 Å². The van der Waals surface area contributed by atoms with Crippen LogP contribution in [0, 0.1) is 0 Å². The molecule has 1 aromatic heterocycles. The van der Waals surface area contributed by atoms with Gasteiger partial charge in [-0.15, -0.1) is 0 Å². The number of carbonyl (C=O) groups excluding carboxylic acids is 2. The second kappa shape index (κ2) is 7.11. The molecule has 0 aliphatic carbocycles. The molecule has 0 N–H and O–H groups in total. The van der Waals surface area contributed by atoms with Crippen molar-refractivity contribution >= 4 is 11.9 Å². The summed E-state index contributed by atoms with van der Waals surface area (Å²) in [5.74, 6) is -0.617. The lowest BCUT2D eigenvalue weighted by atomic mass is 9.81. The number of hydrogen-bond acceptors (Lipinski definition) is 4. The maximum Gasteiger partial charge on any atom is 0.315 e. The number of benzene rings is 2. The molecule has 2 aromatic carbocycles. The van der Waals surface area contributed by atoms with Gasteiger partial charge in [0.25, 0.3) is 5.91 Å². The zero-order chi connectivity index (χ0) is 18.8. The number of nitrogens with zero attached hydrogens (tertiary/aromatic N) is 1. The number of hydrogen-bond donors (Lipinski definition) is 0. The summed E-state index contributed by atoms with van der Waals surface area (Å²) in [6.45, 7) is 0.368. The molecule has 0 spiro atoms. The molecule has 1 aliphatic heterocycles. The van der Waals surface area contributed by atoms with Crippen LogP contribution < -0.4 is 0 Å². The van der Waals surface area contributed by atoms with E-state index in [1.807, 2.05) is 42.5 Å². The van der Waals surface area contributed by atoms with E-state index in [2.05, 4.69) is 0 Å². The third-order valence-electron chi connectivity index (χ3n) is 4.92. The first kappa shape index (κ1) is 17.1. The van der Waals surface area contributed by atoms with Gasteiger partial charge in [0.2, 0.25) is 0 Å². The molecule has 1 amide bonds. The Morgan fingerprint density at radius 2 is 1.78 bits per heavy atom. The van der Waals surface area contributed by atoms with Crippen LogP contribution in [0.5, 0.6) is 0 Å². The third kappa shape index (κ3) is 3.01. The van der Waals surface area contributed by atoms with Crippen molar-refractivity contribution in [1.29, 1.82) is 0 Å². The lowest BCUT2D eigenvalue weighted by molar-refractivity contribution is -0.144. The van der Waals surface area contributed by atoms with Gasteiger partial charge in [-0.2, -0.15) is 0 Å². The second-order valence-corrected chi connectivity index (χ2v) is 6.47. The molecule has 4 rings (SSSR count). The van der Waals surface area contributed by atoms with Gasteiger partial charge in [-0.1, -0.05) is 48.5 Å². The summed E-state index contributed by atoms with van der Waals surface area (Å²) in [6.07, 6.45) is 1.55. The highest BCUT2D eigenvalue weighted by Crippen LogP contribution is 2.44. The molecule has 136 valence electrons. The molecular weight excluding hydrogens is 342 g/mol. The number of methoxy groups -OCH3 is 1. The minimum atomic E-state index is -0.654. The Morgan fingerprint density at radius 3 is 2.48 bits per heavy atom. The smallest absolute Gasteiger partial charge is 0.315 e. The molecule has 0 unspecified atom stereocenters. The van der Waals surface area contributed by atoms with Gasteiger partial charge in [-0.25, -0.2) is 0 Å². The first-order chi connectivity index (χ1) is 13.2. The maximum absolute atomic E-state index is 13.3. The van der Waals surface area contributed by atoms with Crippen LogP contribution in [-0.2, 0) is 16.1 Å². The monoisotopic (exact) mass is 361 g/mol. The van der Waals surface area contributed by atoms with E-state index in [1.54, 1.807) is 35.4 Å². The molecule has 0 bridgehead atoms. The van der Waals surface area contributed by atoms with Crippen LogP contribution in [0.15, 0.2) is 77.4 Å². The van der Waals surface area contributed by atoms with Gasteiger partial charge in [-0.3, -0.25) is 9.59 Å². The first-order valence-electron chi connectivity index (χ1n) is 8.75. The van der Waals surface area contributed by atoms with Crippen molar-refractivity contribution in [3.63, 3.8) is 0 Å². The fourth-order valence-corrected chi connectivity index (χ4v) is 3.70. The van der Waals surface area contributed by atoms with Crippen molar-refractivity contribution < 1.29 is 18.7 Å². The number of furan rings is 1. The summed E-state index contributed by atoms with van der Waals surface area (Å²) in [7, 11) is 1.36. The molecular formula is C22H19NO4. The molecule has 27 heavy (non-hydrogen) atoms. The predicted octanol–water partition coefficient (Wildman–Crippen LogP) is 3.93. The van der Waals surface area contributed by atoms with E-state index in [1.165, 1.54) is 7.11 Å². The molecule has 0 radical (unpaired) electrons. The van der Waals surface area contributed by atoms with Gasteiger partial charge in [0.05, 0.1) is 13.4 Å². The van der Waals surface area contributed by atoms with Crippen molar-refractivity contribution in [3.05, 3.63) is 95.4 Å². The average molecular weight is 361 g/mol. The molecule has 0 saturated carbocycles. The van der Waals surface area contributed by atoms with E-state index >= 15 is 0 Å². The van der Waals surface area contributed by atoms with Crippen molar-refractivity contribution in [2.75, 3.05) is 7.11 Å². The van der Waals surface area contributed by atoms with E-state index < -0.39 is 17.9 Å². The quantitative estimate of drug-likeness (QED) is 0.661. The Hall–Kier alpha value is -3.34. The minimum Gasteiger partial charge on any atom is -0.468 e. The zero-order valence-corrected chi connectivity index (χ0v) is 14.9. The number of fused-ring (bicyclic) bond motifs is 1. The van der Waals surface area contributed by atoms with Gasteiger partial charge in [0.15, 0.2) is 0 Å². The highest BCUT2D eigenvalue weighted by atomic mass is 16.5. The Bertz CT molecular complexity index is 949. The van der Waals surface area contributed by atoms with E-state index in [9.17, 15) is 9.59 Å². The van der Waals surface area contributed by atoms with Gasteiger partial charge in [-0.05, 0) is 29.3 Å². The average Bonchev–Trinajstić information content (AvgIpc) is 3.24. The van der Waals surface area contributed by atoms with Gasteiger partial charge >= 0.3 is 5.97 Å². The van der Waals surface area contributed by atoms with Crippen LogP contribution in [0.1, 0.15) is 39.2 Å². The normalized spacial score (nSPS) is 18.9. The molecule has 0 saturated heterocycles. The second-order valence-electron chi connectivity index (χ2n) is 6.47. The molecule has 3 aromatic rings. The number of ether oxygens (including phenoxy) is 1. The highest BCUT2D eigenvalue weighted by Gasteiger charge is 2.46. The molecule has 5 nitrogen and oxygen atoms in total. The SMILES string of the molecule is COC(=O)[C@H]1c2ccccc2C(=O)N(Cc2ccccc2)[C@@H]1c1ccco1. The Kier molecular flexibility index (Phi) is 4.50. The first-order valence-corrected chi connectivity index (χ1v) is 8.75. The van der Waals surface area contributed by atoms with Crippen LogP contribution in [0.4, 0.5) is 0 Å². The van der Waals surface area contributed by atoms with Crippen LogP contribution in [0.3, 0.4) is 0 Å². The summed E-state index contributed by atoms with van der Waals surface area (Å²) < 4.78 is 10.7. The Balaban J connectivity index is 1.87. The van der Waals surface area contributed by atoms with Crippen LogP contribution >= 0.6 is 0 Å². The van der Waals surface area contributed by atoms with E-state index in [-0.39, 0.29) is 5.91 Å². The summed E-state index contributed by atoms with van der Waals surface area (Å²) in [5, 5.41) is 0. The number of esters is 1. The number of carbonyl (C=O) groups is 2. The number of rotatable bonds is 4. The minimum absolute atomic E-state index is 0.129. The molecule has 5 heteroatoms. The number of amides is 1. The summed E-state index contributed by atoms with van der Waals surface area (Å²) >= 11 is 0. The van der Waals surface area contributed by atoms with Crippen molar-refractivity contribution in [2.45, 2.75) is 18.5 Å². The summed E-state index contributed by atoms with van der Waals surface area (Å²) in [4.78, 5) is 27.7. The topological polar surface area (TPSA) is 59.8 Å². The van der Waals surface area contributed by atoms with E-state index in [4.69, 9.17) is 9.15 Å². The van der Waals surface area contributed by atoms with Crippen LogP contribution in [0.25, 0.3) is 0 Å². The molecule has 2 heterocycles. The Morgan fingerprint density at radius 1 is 1.04 bits per heavy atom. The van der Waals surface area contributed by atoms with Gasteiger partial charge in [0.1, 0.15) is 17.7 Å². The summed E-state index contributed by atoms with van der Waals surface area (Å²) in [5.41, 5.74) is 2.16. The summed E-state index contributed by atoms with van der Waals surface area (Å²) in [6, 6.07) is 19.9.